The van der Waals surface area contributed by atoms with Crippen LogP contribution in [0.25, 0.3) is 5.70 Å². The fourth-order valence-electron chi connectivity index (χ4n) is 4.02. The second kappa shape index (κ2) is 12.6. The monoisotopic (exact) mass is 554 g/mol. The average Bonchev–Trinajstić information content (AvgIpc) is 3.29. The molecule has 4 N–H and O–H groups in total. The SMILES string of the molecule is C=C(F)/C=C\Cn1cccc(C(=O)Nc2ccc(OC3=[N+]=NC(=N)/C3=C(\N)c3cccc(CN(C)C)c3)cc2)c1=O. The van der Waals surface area contributed by atoms with E-state index in [2.05, 4.69) is 21.8 Å². The number of amides is 1. The van der Waals surface area contributed by atoms with Gasteiger partial charge < -0.3 is 25.3 Å². The third-order valence-electron chi connectivity index (χ3n) is 5.89. The number of anilines is 1. The van der Waals surface area contributed by atoms with E-state index in [4.69, 9.17) is 15.9 Å². The maximum Gasteiger partial charge on any atom is 0.545 e. The van der Waals surface area contributed by atoms with Crippen LogP contribution in [-0.4, -0.2) is 46.0 Å². The molecule has 0 radical (unpaired) electrons. The Morgan fingerprint density at radius 3 is 2.68 bits per heavy atom. The summed E-state index contributed by atoms with van der Waals surface area (Å²) < 4.78 is 20.0. The van der Waals surface area contributed by atoms with Gasteiger partial charge in [-0.3, -0.25) is 15.0 Å². The average molecular weight is 555 g/mol. The van der Waals surface area contributed by atoms with Crippen LogP contribution in [0.1, 0.15) is 21.5 Å². The van der Waals surface area contributed by atoms with Gasteiger partial charge in [-0.2, -0.15) is 0 Å². The highest BCUT2D eigenvalue weighted by atomic mass is 19.1. The number of nitrogens with two attached hydrogens (primary N) is 1. The second-order valence-electron chi connectivity index (χ2n) is 9.39. The van der Waals surface area contributed by atoms with E-state index in [-0.39, 0.29) is 29.4 Å². The van der Waals surface area contributed by atoms with Crippen molar-refractivity contribution in [1.82, 2.24) is 9.47 Å². The molecule has 3 aromatic rings. The lowest BCUT2D eigenvalue weighted by Gasteiger charge is -2.11. The van der Waals surface area contributed by atoms with Crippen molar-refractivity contribution in [2.24, 2.45) is 10.8 Å². The van der Waals surface area contributed by atoms with Gasteiger partial charge in [-0.1, -0.05) is 30.9 Å². The van der Waals surface area contributed by atoms with Gasteiger partial charge in [0.25, 0.3) is 17.3 Å². The standard InChI is InChI=1S/C30H28FN7O3/c1-19(31)7-5-15-38-16-6-10-24(30(38)40)28(39)34-22-11-13-23(14-12-22)41-29-25(27(33)35-36-29)26(32)21-9-4-8-20(17-21)18-37(2)3/h4-14,16-17,32-33H,1,15,18H2,2-3H3,(H,34,39)/p+1/b7-5-,33-27?. The minimum absolute atomic E-state index is 0.0689. The Morgan fingerprint density at radius 2 is 1.98 bits per heavy atom. The molecule has 0 spiro atoms. The van der Waals surface area contributed by atoms with Crippen LogP contribution in [0, 0.1) is 5.41 Å². The van der Waals surface area contributed by atoms with E-state index in [0.717, 1.165) is 23.7 Å². The highest BCUT2D eigenvalue weighted by Crippen LogP contribution is 2.23. The summed E-state index contributed by atoms with van der Waals surface area (Å²) in [6.07, 6.45) is 4.09. The molecular weight excluding hydrogens is 525 g/mol. The van der Waals surface area contributed by atoms with E-state index < -0.39 is 17.3 Å². The normalized spacial score (nSPS) is 14.0. The third kappa shape index (κ3) is 7.18. The van der Waals surface area contributed by atoms with Crippen molar-refractivity contribution >= 4 is 29.0 Å². The number of rotatable bonds is 9. The first-order valence-corrected chi connectivity index (χ1v) is 12.5. The fourth-order valence-corrected chi connectivity index (χ4v) is 4.02. The summed E-state index contributed by atoms with van der Waals surface area (Å²) >= 11 is 0. The fraction of sp³-hybridized carbons (Fsp3) is 0.133. The number of nitrogens with one attached hydrogen (secondary N) is 2. The van der Waals surface area contributed by atoms with Crippen LogP contribution in [0.4, 0.5) is 10.1 Å². The number of hydrogen-bond donors (Lipinski definition) is 3. The molecule has 1 aliphatic heterocycles. The first-order chi connectivity index (χ1) is 19.6. The minimum atomic E-state index is -0.631. The van der Waals surface area contributed by atoms with Crippen molar-refractivity contribution in [3.63, 3.8) is 0 Å². The minimum Gasteiger partial charge on any atom is -0.397 e. The molecule has 1 amide bonds. The number of carbonyl (C=O) groups is 1. The molecule has 1 aromatic heterocycles. The van der Waals surface area contributed by atoms with Gasteiger partial charge in [0.2, 0.25) is 0 Å². The lowest BCUT2D eigenvalue weighted by atomic mass is 10.0. The predicted octanol–water partition coefficient (Wildman–Crippen LogP) is 4.00. The van der Waals surface area contributed by atoms with Crippen LogP contribution in [0.3, 0.4) is 0 Å². The number of allylic oxidation sites excluding steroid dienone is 3. The number of carbonyl (C=O) groups excluding carboxylic acids is 1. The lowest BCUT2D eigenvalue weighted by molar-refractivity contribution is -0.0831. The third-order valence-corrected chi connectivity index (χ3v) is 5.89. The summed E-state index contributed by atoms with van der Waals surface area (Å²) in [6, 6.07) is 17.1. The first-order valence-electron chi connectivity index (χ1n) is 12.5. The van der Waals surface area contributed by atoms with Crippen molar-refractivity contribution in [3.05, 3.63) is 124 Å². The summed E-state index contributed by atoms with van der Waals surface area (Å²) in [5, 5.41) is 14.7. The Hall–Kier alpha value is -5.38. The highest BCUT2D eigenvalue weighted by molar-refractivity contribution is 6.24. The number of amidine groups is 1. The number of hydrogen-bond acceptors (Lipinski definition) is 6. The molecule has 0 atom stereocenters. The Morgan fingerprint density at radius 1 is 1.22 bits per heavy atom. The number of ether oxygens (including phenoxy) is 1. The molecule has 2 heterocycles. The van der Waals surface area contributed by atoms with Crippen molar-refractivity contribution in [1.29, 1.82) is 5.41 Å². The summed E-state index contributed by atoms with van der Waals surface area (Å²) in [6.45, 7) is 3.95. The summed E-state index contributed by atoms with van der Waals surface area (Å²) in [5.74, 6) is -0.885. The maximum absolute atomic E-state index is 12.8. The molecule has 1 aliphatic rings. The van der Waals surface area contributed by atoms with E-state index in [0.29, 0.717) is 17.1 Å². The van der Waals surface area contributed by atoms with Crippen LogP contribution in [-0.2, 0) is 13.1 Å². The zero-order valence-electron chi connectivity index (χ0n) is 22.6. The summed E-state index contributed by atoms with van der Waals surface area (Å²) in [7, 11) is 3.95. The summed E-state index contributed by atoms with van der Waals surface area (Å²) in [4.78, 5) is 31.5. The molecule has 11 heteroatoms. The van der Waals surface area contributed by atoms with Crippen molar-refractivity contribution < 1.29 is 18.7 Å². The van der Waals surface area contributed by atoms with Gasteiger partial charge in [0.15, 0.2) is 5.57 Å². The molecule has 0 saturated carbocycles. The molecule has 0 fully saturated rings. The number of benzene rings is 2. The molecule has 0 saturated heterocycles. The Kier molecular flexibility index (Phi) is 8.83. The number of nitrogens with zero attached hydrogens (tertiary/aromatic N) is 4. The van der Waals surface area contributed by atoms with Gasteiger partial charge in [-0.05, 0) is 73.8 Å². The number of halogens is 1. The van der Waals surface area contributed by atoms with Crippen molar-refractivity contribution in [3.8, 4) is 5.75 Å². The second-order valence-corrected chi connectivity index (χ2v) is 9.39. The molecule has 10 nitrogen and oxygen atoms in total. The van der Waals surface area contributed by atoms with Gasteiger partial charge in [-0.25, -0.2) is 4.39 Å². The number of aromatic nitrogens is 1. The predicted molar refractivity (Wildman–Crippen MR) is 155 cm³/mol. The highest BCUT2D eigenvalue weighted by Gasteiger charge is 2.36. The quantitative estimate of drug-likeness (QED) is 0.271. The van der Waals surface area contributed by atoms with E-state index in [1.54, 1.807) is 30.3 Å². The smallest absolute Gasteiger partial charge is 0.397 e. The first kappa shape index (κ1) is 28.6. The number of pyridine rings is 1. The van der Waals surface area contributed by atoms with Crippen molar-refractivity contribution in [2.45, 2.75) is 13.1 Å². The van der Waals surface area contributed by atoms with Gasteiger partial charge in [0.05, 0.1) is 5.70 Å². The topological polar surface area (TPSA) is 140 Å². The lowest BCUT2D eigenvalue weighted by Crippen LogP contribution is -2.28. The zero-order chi connectivity index (χ0) is 29.5. The van der Waals surface area contributed by atoms with Gasteiger partial charge in [0, 0.05) is 25.0 Å². The largest absolute Gasteiger partial charge is 0.545 e. The Balaban J connectivity index is 1.47. The van der Waals surface area contributed by atoms with Crippen LogP contribution in [0.5, 0.6) is 5.75 Å². The van der Waals surface area contributed by atoms with Gasteiger partial charge in [-0.15, -0.1) is 0 Å². The molecule has 4 rings (SSSR count). The van der Waals surface area contributed by atoms with Crippen LogP contribution < -0.4 is 21.3 Å². The molecule has 0 unspecified atom stereocenters. The molecule has 208 valence electrons. The summed E-state index contributed by atoms with van der Waals surface area (Å²) in [5.41, 5.74) is 8.64. The Bertz CT molecular complexity index is 1700. The Labute approximate surface area is 235 Å². The molecule has 0 aliphatic carbocycles. The van der Waals surface area contributed by atoms with E-state index >= 15 is 0 Å². The molecule has 41 heavy (non-hydrogen) atoms. The zero-order valence-corrected chi connectivity index (χ0v) is 22.6. The van der Waals surface area contributed by atoms with Gasteiger partial charge >= 0.3 is 5.90 Å². The van der Waals surface area contributed by atoms with E-state index in [1.807, 2.05) is 43.3 Å². The maximum atomic E-state index is 12.8. The molecule has 0 bridgehead atoms. The van der Waals surface area contributed by atoms with Crippen molar-refractivity contribution in [2.75, 3.05) is 19.4 Å². The molecular formula is C30H29FN7O3+. The van der Waals surface area contributed by atoms with Gasteiger partial charge in [0.1, 0.15) is 27.0 Å². The van der Waals surface area contributed by atoms with E-state index in [1.165, 1.54) is 22.9 Å². The van der Waals surface area contributed by atoms with Crippen LogP contribution in [0.2, 0.25) is 0 Å². The van der Waals surface area contributed by atoms with Crippen LogP contribution in [0.15, 0.2) is 107 Å². The van der Waals surface area contributed by atoms with Crippen LogP contribution >= 0.6 is 0 Å². The molecule has 2 aromatic carbocycles. The van der Waals surface area contributed by atoms with E-state index in [9.17, 15) is 14.0 Å².